The minimum absolute atomic E-state index is 0.137. The van der Waals surface area contributed by atoms with Crippen LogP contribution in [0.25, 0.3) is 0 Å². The number of para-hydroxylation sites is 1. The molecule has 0 aliphatic carbocycles. The summed E-state index contributed by atoms with van der Waals surface area (Å²) in [6, 6.07) is 7.44. The molecule has 0 fully saturated rings. The lowest BCUT2D eigenvalue weighted by Gasteiger charge is -2.21. The lowest BCUT2D eigenvalue weighted by Crippen LogP contribution is -2.19. The van der Waals surface area contributed by atoms with Gasteiger partial charge in [-0.25, -0.2) is 4.98 Å². The predicted octanol–water partition coefficient (Wildman–Crippen LogP) is 4.66. The van der Waals surface area contributed by atoms with Gasteiger partial charge < -0.3 is 9.64 Å². The molecule has 23 heavy (non-hydrogen) atoms. The molecule has 1 heterocycles. The van der Waals surface area contributed by atoms with E-state index in [1.807, 2.05) is 24.3 Å². The minimum atomic E-state index is -4.57. The maximum atomic E-state index is 13.0. The highest BCUT2D eigenvalue weighted by Crippen LogP contribution is 2.36. The second-order valence-electron chi connectivity index (χ2n) is 5.06. The Kier molecular flexibility index (Phi) is 5.33. The largest absolute Gasteiger partial charge is 0.474 e. The monoisotopic (exact) mass is 437 g/mol. The van der Waals surface area contributed by atoms with E-state index >= 15 is 0 Å². The van der Waals surface area contributed by atoms with Crippen molar-refractivity contribution >= 4 is 34.2 Å². The summed E-state index contributed by atoms with van der Waals surface area (Å²) in [5, 5.41) is 0. The molecule has 8 heteroatoms. The number of hydrogen-bond acceptors (Lipinski definition) is 4. The van der Waals surface area contributed by atoms with E-state index in [1.54, 1.807) is 25.8 Å². The van der Waals surface area contributed by atoms with Gasteiger partial charge in [-0.1, -0.05) is 12.1 Å². The summed E-state index contributed by atoms with van der Waals surface area (Å²) < 4.78 is 45.3. The molecule has 0 atom stereocenters. The van der Waals surface area contributed by atoms with Crippen molar-refractivity contribution in [2.24, 2.45) is 0 Å². The molecule has 0 amide bonds. The number of rotatable bonds is 4. The molecule has 0 unspecified atom stereocenters. The Morgan fingerprint density at radius 3 is 2.43 bits per heavy atom. The quantitative estimate of drug-likeness (QED) is 0.653. The maximum Gasteiger partial charge on any atom is 0.423 e. The first kappa shape index (κ1) is 17.8. The van der Waals surface area contributed by atoms with Crippen molar-refractivity contribution < 1.29 is 17.9 Å². The molecule has 124 valence electrons. The van der Waals surface area contributed by atoms with Crippen molar-refractivity contribution in [1.29, 1.82) is 0 Å². The van der Waals surface area contributed by atoms with Crippen molar-refractivity contribution in [2.45, 2.75) is 26.1 Å². The third kappa shape index (κ3) is 4.24. The van der Waals surface area contributed by atoms with Crippen LogP contribution in [-0.2, 0) is 6.18 Å². The van der Waals surface area contributed by atoms with Crippen LogP contribution in [0, 0.1) is 3.57 Å². The second-order valence-corrected chi connectivity index (χ2v) is 6.23. The molecule has 0 saturated heterocycles. The van der Waals surface area contributed by atoms with E-state index in [-0.39, 0.29) is 5.95 Å². The smallest absolute Gasteiger partial charge is 0.423 e. The summed E-state index contributed by atoms with van der Waals surface area (Å²) in [7, 11) is 1.69. The number of halogens is 4. The van der Waals surface area contributed by atoms with Crippen molar-refractivity contribution in [3.8, 4) is 5.88 Å². The maximum absolute atomic E-state index is 13.0. The summed E-state index contributed by atoms with van der Waals surface area (Å²) in [6.45, 7) is 3.29. The van der Waals surface area contributed by atoms with Gasteiger partial charge in [-0.15, -0.1) is 0 Å². The van der Waals surface area contributed by atoms with E-state index in [2.05, 4.69) is 32.6 Å². The standard InChI is InChI=1S/C15H15F3IN3O/c1-9(2)23-13-10(15(16,17)18)8-20-14(21-13)22(3)12-7-5-4-6-11(12)19/h4-9H,1-3H3. The Morgan fingerprint density at radius 1 is 1.22 bits per heavy atom. The van der Waals surface area contributed by atoms with E-state index in [0.717, 1.165) is 15.5 Å². The van der Waals surface area contributed by atoms with Gasteiger partial charge in [0.1, 0.15) is 5.56 Å². The van der Waals surface area contributed by atoms with Gasteiger partial charge in [-0.05, 0) is 48.6 Å². The van der Waals surface area contributed by atoms with E-state index in [4.69, 9.17) is 4.74 Å². The summed E-state index contributed by atoms with van der Waals surface area (Å²) in [4.78, 5) is 9.43. The number of ether oxygens (including phenoxy) is 1. The van der Waals surface area contributed by atoms with E-state index < -0.39 is 23.7 Å². The Morgan fingerprint density at radius 2 is 1.87 bits per heavy atom. The molecule has 1 aromatic heterocycles. The molecule has 0 radical (unpaired) electrons. The topological polar surface area (TPSA) is 38.2 Å². The first-order valence-corrected chi connectivity index (χ1v) is 7.87. The summed E-state index contributed by atoms with van der Waals surface area (Å²) in [6.07, 6.45) is -4.24. The van der Waals surface area contributed by atoms with Crippen LogP contribution in [0.1, 0.15) is 19.4 Å². The molecule has 1 aromatic carbocycles. The molecule has 4 nitrogen and oxygen atoms in total. The van der Waals surface area contributed by atoms with Crippen molar-refractivity contribution in [2.75, 3.05) is 11.9 Å². The van der Waals surface area contributed by atoms with E-state index in [9.17, 15) is 13.2 Å². The lowest BCUT2D eigenvalue weighted by atomic mass is 10.3. The molecule has 0 aliphatic rings. The van der Waals surface area contributed by atoms with Gasteiger partial charge in [0.15, 0.2) is 0 Å². The fourth-order valence-electron chi connectivity index (χ4n) is 1.86. The number of aromatic nitrogens is 2. The number of hydrogen-bond donors (Lipinski definition) is 0. The summed E-state index contributed by atoms with van der Waals surface area (Å²) >= 11 is 2.14. The SMILES string of the molecule is CC(C)Oc1nc(N(C)c2ccccc2I)ncc1C(F)(F)F. The Labute approximate surface area is 145 Å². The van der Waals surface area contributed by atoms with Gasteiger partial charge in [-0.3, -0.25) is 0 Å². The van der Waals surface area contributed by atoms with Crippen molar-refractivity contribution in [3.05, 3.63) is 39.6 Å². The normalized spacial score (nSPS) is 11.7. The second kappa shape index (κ2) is 6.90. The zero-order valence-electron chi connectivity index (χ0n) is 12.7. The number of nitrogens with zero attached hydrogens (tertiary/aromatic N) is 3. The molecule has 2 rings (SSSR count). The fourth-order valence-corrected chi connectivity index (χ4v) is 2.61. The number of benzene rings is 1. The van der Waals surface area contributed by atoms with Crippen molar-refractivity contribution in [3.63, 3.8) is 0 Å². The van der Waals surface area contributed by atoms with Gasteiger partial charge in [0.2, 0.25) is 11.8 Å². The average molecular weight is 437 g/mol. The first-order valence-electron chi connectivity index (χ1n) is 6.79. The highest BCUT2D eigenvalue weighted by molar-refractivity contribution is 14.1. The van der Waals surface area contributed by atoms with Crippen LogP contribution in [0.3, 0.4) is 0 Å². The van der Waals surface area contributed by atoms with Crippen LogP contribution in [0.5, 0.6) is 5.88 Å². The van der Waals surface area contributed by atoms with Crippen LogP contribution in [-0.4, -0.2) is 23.1 Å². The predicted molar refractivity (Wildman–Crippen MR) is 90.0 cm³/mol. The summed E-state index contributed by atoms with van der Waals surface area (Å²) in [5.41, 5.74) is -0.186. The van der Waals surface area contributed by atoms with Gasteiger partial charge >= 0.3 is 6.18 Å². The highest BCUT2D eigenvalue weighted by Gasteiger charge is 2.36. The van der Waals surface area contributed by atoms with Crippen LogP contribution < -0.4 is 9.64 Å². The Bertz CT molecular complexity index is 692. The average Bonchev–Trinajstić information content (AvgIpc) is 2.45. The molecule has 2 aromatic rings. The van der Waals surface area contributed by atoms with E-state index in [0.29, 0.717) is 0 Å². The van der Waals surface area contributed by atoms with Gasteiger partial charge in [0, 0.05) is 16.8 Å². The van der Waals surface area contributed by atoms with Crippen molar-refractivity contribution in [1.82, 2.24) is 9.97 Å². The van der Waals surface area contributed by atoms with Gasteiger partial charge in [0.05, 0.1) is 11.8 Å². The van der Waals surface area contributed by atoms with Gasteiger partial charge in [0.25, 0.3) is 0 Å². The molecular formula is C15H15F3IN3O. The molecule has 0 N–H and O–H groups in total. The Balaban J connectivity index is 2.46. The third-order valence-electron chi connectivity index (χ3n) is 2.91. The van der Waals surface area contributed by atoms with Gasteiger partial charge in [-0.2, -0.15) is 18.2 Å². The number of anilines is 2. The molecule has 0 bridgehead atoms. The zero-order valence-corrected chi connectivity index (χ0v) is 14.9. The zero-order chi connectivity index (χ0) is 17.2. The lowest BCUT2D eigenvalue weighted by molar-refractivity contribution is -0.139. The van der Waals surface area contributed by atoms with Crippen LogP contribution >= 0.6 is 22.6 Å². The third-order valence-corrected chi connectivity index (χ3v) is 3.82. The summed E-state index contributed by atoms with van der Waals surface area (Å²) in [5.74, 6) is -0.326. The first-order chi connectivity index (χ1) is 10.7. The van der Waals surface area contributed by atoms with Crippen LogP contribution in [0.2, 0.25) is 0 Å². The van der Waals surface area contributed by atoms with E-state index in [1.165, 1.54) is 0 Å². The molecular weight excluding hydrogens is 422 g/mol. The molecule has 0 saturated carbocycles. The minimum Gasteiger partial charge on any atom is -0.474 e. The Hall–Kier alpha value is -1.58. The van der Waals surface area contributed by atoms with Crippen LogP contribution in [0.15, 0.2) is 30.5 Å². The van der Waals surface area contributed by atoms with Crippen LogP contribution in [0.4, 0.5) is 24.8 Å². The number of alkyl halides is 3. The fraction of sp³-hybridized carbons (Fsp3) is 0.333. The highest BCUT2D eigenvalue weighted by atomic mass is 127. The molecule has 0 spiro atoms. The molecule has 0 aliphatic heterocycles.